The van der Waals surface area contributed by atoms with Gasteiger partial charge in [-0.3, -0.25) is 9.48 Å². The van der Waals surface area contributed by atoms with Gasteiger partial charge in [-0.2, -0.15) is 5.10 Å². The van der Waals surface area contributed by atoms with Gasteiger partial charge in [0.25, 0.3) is 5.91 Å². The molecule has 2 heterocycles. The number of nitrogens with one attached hydrogen (secondary N) is 1. The Labute approximate surface area is 203 Å². The van der Waals surface area contributed by atoms with Crippen LogP contribution in [0.3, 0.4) is 0 Å². The number of aromatic nitrogens is 2. The van der Waals surface area contributed by atoms with Crippen molar-refractivity contribution in [3.8, 4) is 5.75 Å². The molecule has 0 aliphatic rings. The lowest BCUT2D eigenvalue weighted by Gasteiger charge is -2.08. The normalized spacial score (nSPS) is 11.0. The summed E-state index contributed by atoms with van der Waals surface area (Å²) in [6.45, 7) is 0.416. The highest BCUT2D eigenvalue weighted by Gasteiger charge is 2.16. The van der Waals surface area contributed by atoms with Gasteiger partial charge in [0, 0.05) is 17.1 Å². The number of furan rings is 1. The Morgan fingerprint density at radius 3 is 2.71 bits per heavy atom. The van der Waals surface area contributed by atoms with Crippen molar-refractivity contribution in [2.24, 2.45) is 0 Å². The third-order valence-electron chi connectivity index (χ3n) is 5.24. The quantitative estimate of drug-likeness (QED) is 0.269. The van der Waals surface area contributed by atoms with Gasteiger partial charge in [-0.1, -0.05) is 54.6 Å². The zero-order valence-electron chi connectivity index (χ0n) is 17.9. The maximum Gasteiger partial charge on any atom is 0.292 e. The van der Waals surface area contributed by atoms with E-state index in [1.807, 2.05) is 42.5 Å². The molecule has 5 rings (SSSR count). The van der Waals surface area contributed by atoms with Crippen LogP contribution in [-0.4, -0.2) is 15.7 Å². The van der Waals surface area contributed by atoms with Crippen LogP contribution in [0.2, 0.25) is 0 Å². The first kappa shape index (κ1) is 21.9. The van der Waals surface area contributed by atoms with Gasteiger partial charge in [0.05, 0.1) is 11.0 Å². The Morgan fingerprint density at radius 2 is 1.82 bits per heavy atom. The Morgan fingerprint density at radius 1 is 1.03 bits per heavy atom. The van der Waals surface area contributed by atoms with Crippen molar-refractivity contribution in [2.75, 3.05) is 5.32 Å². The fraction of sp³-hybridized carbons (Fsp3) is 0.0769. The number of ether oxygens (including phenoxy) is 1. The molecular weight excluding hydrogens is 501 g/mol. The van der Waals surface area contributed by atoms with Crippen molar-refractivity contribution in [1.29, 1.82) is 0 Å². The van der Waals surface area contributed by atoms with E-state index in [0.29, 0.717) is 21.6 Å². The highest BCUT2D eigenvalue weighted by atomic mass is 79.9. The van der Waals surface area contributed by atoms with Gasteiger partial charge < -0.3 is 14.5 Å². The van der Waals surface area contributed by atoms with Gasteiger partial charge in [-0.15, -0.1) is 0 Å². The minimum absolute atomic E-state index is 0.132. The topological polar surface area (TPSA) is 69.3 Å². The molecule has 0 aliphatic carbocycles. The van der Waals surface area contributed by atoms with E-state index in [-0.39, 0.29) is 24.7 Å². The van der Waals surface area contributed by atoms with Gasteiger partial charge in [0.1, 0.15) is 23.9 Å². The number of fused-ring (bicyclic) bond motifs is 1. The van der Waals surface area contributed by atoms with E-state index in [1.165, 1.54) is 6.07 Å². The highest BCUT2D eigenvalue weighted by Crippen LogP contribution is 2.26. The first-order valence-corrected chi connectivity index (χ1v) is 11.3. The van der Waals surface area contributed by atoms with Crippen molar-refractivity contribution < 1.29 is 18.3 Å². The number of hydrogen-bond acceptors (Lipinski definition) is 4. The molecule has 0 spiro atoms. The zero-order chi connectivity index (χ0) is 23.5. The lowest BCUT2D eigenvalue weighted by molar-refractivity contribution is 0.0992. The molecule has 0 radical (unpaired) electrons. The fourth-order valence-corrected chi connectivity index (χ4v) is 4.00. The van der Waals surface area contributed by atoms with Gasteiger partial charge in [-0.05, 0) is 45.6 Å². The zero-order valence-corrected chi connectivity index (χ0v) is 19.5. The van der Waals surface area contributed by atoms with Crippen molar-refractivity contribution in [2.45, 2.75) is 13.2 Å². The Hall–Kier alpha value is -3.91. The summed E-state index contributed by atoms with van der Waals surface area (Å²) in [4.78, 5) is 12.7. The molecule has 2 aromatic heterocycles. The molecule has 170 valence electrons. The van der Waals surface area contributed by atoms with Crippen molar-refractivity contribution in [3.63, 3.8) is 0 Å². The van der Waals surface area contributed by atoms with E-state index >= 15 is 0 Å². The van der Waals surface area contributed by atoms with Crippen LogP contribution in [0.1, 0.15) is 21.9 Å². The summed E-state index contributed by atoms with van der Waals surface area (Å²) in [5, 5.41) is 9.13. The van der Waals surface area contributed by atoms with Gasteiger partial charge in [-0.25, -0.2) is 4.39 Å². The standard InChI is InChI=1S/C26H19BrFN3O3/c27-21-15-31(14-18-7-2-4-10-22(18)28)30-25(21)29-26(32)24-13-12-19(34-24)16-33-23-11-5-8-17-6-1-3-9-20(17)23/h1-13,15H,14,16H2,(H,29,30,32). The van der Waals surface area contributed by atoms with Crippen LogP contribution in [0, 0.1) is 5.82 Å². The number of carbonyl (C=O) groups is 1. The summed E-state index contributed by atoms with van der Waals surface area (Å²) in [5.41, 5.74) is 0.497. The smallest absolute Gasteiger partial charge is 0.292 e. The van der Waals surface area contributed by atoms with Gasteiger partial charge in [0.15, 0.2) is 11.6 Å². The molecular formula is C26H19BrFN3O3. The fourth-order valence-electron chi connectivity index (χ4n) is 3.58. The molecule has 3 aromatic carbocycles. The van der Waals surface area contributed by atoms with Crippen molar-refractivity contribution in [3.05, 3.63) is 112 Å². The SMILES string of the molecule is O=C(Nc1nn(Cc2ccccc2F)cc1Br)c1ccc(COc2cccc3ccccc23)o1. The lowest BCUT2D eigenvalue weighted by Crippen LogP contribution is -2.12. The van der Waals surface area contributed by atoms with E-state index in [4.69, 9.17) is 9.15 Å². The second-order valence-corrected chi connectivity index (χ2v) is 8.46. The Bertz CT molecular complexity index is 1470. The Kier molecular flexibility index (Phi) is 6.14. The van der Waals surface area contributed by atoms with Crippen LogP contribution < -0.4 is 10.1 Å². The monoisotopic (exact) mass is 519 g/mol. The number of halogens is 2. The van der Waals surface area contributed by atoms with Gasteiger partial charge >= 0.3 is 0 Å². The number of anilines is 1. The van der Waals surface area contributed by atoms with E-state index in [1.54, 1.807) is 41.2 Å². The van der Waals surface area contributed by atoms with Gasteiger partial charge in [0.2, 0.25) is 0 Å². The maximum absolute atomic E-state index is 13.9. The molecule has 0 bridgehead atoms. The number of amides is 1. The van der Waals surface area contributed by atoms with Crippen LogP contribution in [0.15, 0.2) is 93.9 Å². The molecule has 0 saturated heterocycles. The summed E-state index contributed by atoms with van der Waals surface area (Å²) in [6, 6.07) is 23.6. The largest absolute Gasteiger partial charge is 0.485 e. The highest BCUT2D eigenvalue weighted by molar-refractivity contribution is 9.10. The first-order valence-electron chi connectivity index (χ1n) is 10.5. The minimum atomic E-state index is -0.451. The average Bonchev–Trinajstić information content (AvgIpc) is 3.46. The molecule has 5 aromatic rings. The maximum atomic E-state index is 13.9. The van der Waals surface area contributed by atoms with Crippen LogP contribution in [-0.2, 0) is 13.2 Å². The molecule has 0 atom stereocenters. The average molecular weight is 520 g/mol. The number of nitrogens with zero attached hydrogens (tertiary/aromatic N) is 2. The van der Waals surface area contributed by atoms with Crippen LogP contribution in [0.25, 0.3) is 10.8 Å². The Balaban J connectivity index is 1.24. The third-order valence-corrected chi connectivity index (χ3v) is 5.82. The number of rotatable bonds is 7. The summed E-state index contributed by atoms with van der Waals surface area (Å²) in [5.74, 6) is 0.937. The summed E-state index contributed by atoms with van der Waals surface area (Å²) in [7, 11) is 0. The third kappa shape index (κ3) is 4.72. The summed E-state index contributed by atoms with van der Waals surface area (Å²) in [6.07, 6.45) is 1.67. The molecule has 0 aliphatic heterocycles. The second-order valence-electron chi connectivity index (χ2n) is 7.60. The molecule has 1 N–H and O–H groups in total. The van der Waals surface area contributed by atoms with Crippen LogP contribution >= 0.6 is 15.9 Å². The number of hydrogen-bond donors (Lipinski definition) is 1. The summed E-state index contributed by atoms with van der Waals surface area (Å²) < 4.78 is 27.6. The summed E-state index contributed by atoms with van der Waals surface area (Å²) >= 11 is 3.38. The minimum Gasteiger partial charge on any atom is -0.485 e. The molecule has 6 nitrogen and oxygen atoms in total. The molecule has 1 amide bonds. The molecule has 0 fully saturated rings. The van der Waals surface area contributed by atoms with Crippen LogP contribution in [0.5, 0.6) is 5.75 Å². The number of carbonyl (C=O) groups excluding carboxylic acids is 1. The van der Waals surface area contributed by atoms with Crippen molar-refractivity contribution >= 4 is 38.4 Å². The van der Waals surface area contributed by atoms with Crippen molar-refractivity contribution in [1.82, 2.24) is 9.78 Å². The molecule has 0 saturated carbocycles. The second kappa shape index (κ2) is 9.52. The molecule has 34 heavy (non-hydrogen) atoms. The van der Waals surface area contributed by atoms with E-state index in [9.17, 15) is 9.18 Å². The number of benzene rings is 3. The van der Waals surface area contributed by atoms with E-state index < -0.39 is 5.91 Å². The molecule has 8 heteroatoms. The van der Waals surface area contributed by atoms with Crippen LogP contribution in [0.4, 0.5) is 10.2 Å². The first-order chi connectivity index (χ1) is 16.6. The molecule has 0 unspecified atom stereocenters. The lowest BCUT2D eigenvalue weighted by atomic mass is 10.1. The van der Waals surface area contributed by atoms with E-state index in [2.05, 4.69) is 26.3 Å². The van der Waals surface area contributed by atoms with E-state index in [0.717, 1.165) is 16.5 Å². The predicted molar refractivity (Wildman–Crippen MR) is 130 cm³/mol. The predicted octanol–water partition coefficient (Wildman–Crippen LogP) is 6.41.